The van der Waals surface area contributed by atoms with Crippen molar-refractivity contribution in [3.63, 3.8) is 0 Å². The summed E-state index contributed by atoms with van der Waals surface area (Å²) < 4.78 is 68.2. The highest BCUT2D eigenvalue weighted by atomic mass is 31.2. The first-order chi connectivity index (χ1) is 43.7. The van der Waals surface area contributed by atoms with Gasteiger partial charge in [-0.2, -0.15) is 0 Å². The van der Waals surface area contributed by atoms with Crippen molar-refractivity contribution in [3.05, 3.63) is 0 Å². The average Bonchev–Trinajstić information content (AvgIpc) is 3.44. The van der Waals surface area contributed by atoms with Gasteiger partial charge in [0.1, 0.15) is 19.3 Å². The number of ether oxygens (including phenoxy) is 4. The van der Waals surface area contributed by atoms with E-state index in [0.29, 0.717) is 25.7 Å². The van der Waals surface area contributed by atoms with Gasteiger partial charge < -0.3 is 33.8 Å². The SMILES string of the molecule is CCCCCCCCCCCCCCCCCCCC(=O)O[C@H](COC(=O)CCCCCCCCCCCCCCCCC)COP(=O)(O)OC[C@@H](O)COP(=O)(O)OC[C@@H](COC(=O)CCCCCCCCCCC)OC(=O)CCCCCCCCCCC. The Hall–Kier alpha value is -1.94. The molecule has 5 atom stereocenters. The third-order valence-electron chi connectivity index (χ3n) is 16.6. The standard InChI is InChI=1S/C71H138O17P2/c1-5-9-13-17-21-25-27-29-31-32-34-36-38-42-46-50-54-58-71(76)88-67(62-82-69(74)56-52-48-44-41-37-35-33-30-28-26-22-18-14-10-6-2)64-86-90(79,80)84-60-65(72)59-83-89(77,78)85-63-66(87-70(75)57-53-49-45-40-24-20-16-12-8-4)61-81-68(73)55-51-47-43-39-23-19-15-11-7-3/h65-67,72H,5-64H2,1-4H3,(H,77,78)(H,79,80)/t65-,66+,67+/m0/s1. The van der Waals surface area contributed by atoms with Gasteiger partial charge in [0.2, 0.25) is 0 Å². The van der Waals surface area contributed by atoms with Gasteiger partial charge in [-0.15, -0.1) is 0 Å². The van der Waals surface area contributed by atoms with Crippen LogP contribution in [0.1, 0.15) is 374 Å². The lowest BCUT2D eigenvalue weighted by atomic mass is 10.0. The zero-order chi connectivity index (χ0) is 66.1. The van der Waals surface area contributed by atoms with Crippen LogP contribution in [0, 0.1) is 0 Å². The van der Waals surface area contributed by atoms with Gasteiger partial charge in [-0.25, -0.2) is 9.13 Å². The molecule has 0 aliphatic carbocycles. The number of aliphatic hydroxyl groups is 1. The second kappa shape index (κ2) is 65.7. The molecule has 0 radical (unpaired) electrons. The molecule has 0 aromatic rings. The summed E-state index contributed by atoms with van der Waals surface area (Å²) in [5.74, 6) is -2.12. The van der Waals surface area contributed by atoms with E-state index in [0.717, 1.165) is 89.9 Å². The minimum atomic E-state index is -4.95. The second-order valence-corrected chi connectivity index (χ2v) is 28.5. The number of esters is 4. The van der Waals surface area contributed by atoms with E-state index in [-0.39, 0.29) is 25.7 Å². The molecule has 0 heterocycles. The molecule has 0 aliphatic heterocycles. The fraction of sp³-hybridized carbons (Fsp3) is 0.944. The molecule has 0 fully saturated rings. The van der Waals surface area contributed by atoms with E-state index < -0.39 is 97.5 Å². The number of phosphoric ester groups is 2. The third-order valence-corrected chi connectivity index (χ3v) is 18.5. The summed E-state index contributed by atoms with van der Waals surface area (Å²) in [5.41, 5.74) is 0. The van der Waals surface area contributed by atoms with Crippen molar-refractivity contribution in [1.29, 1.82) is 0 Å². The normalized spacial score (nSPS) is 14.0. The molecule has 534 valence electrons. The number of phosphoric acid groups is 2. The van der Waals surface area contributed by atoms with E-state index in [4.69, 9.17) is 37.0 Å². The van der Waals surface area contributed by atoms with Crippen molar-refractivity contribution in [3.8, 4) is 0 Å². The maximum atomic E-state index is 13.0. The molecular formula is C71H138O17P2. The number of aliphatic hydroxyl groups excluding tert-OH is 1. The second-order valence-electron chi connectivity index (χ2n) is 25.6. The first-order valence-corrected chi connectivity index (χ1v) is 40.3. The Balaban J connectivity index is 5.20. The number of hydrogen-bond donors (Lipinski definition) is 3. The summed E-state index contributed by atoms with van der Waals surface area (Å²) in [6.45, 7) is 4.93. The average molecular weight is 1330 g/mol. The van der Waals surface area contributed by atoms with Crippen molar-refractivity contribution >= 4 is 39.5 Å². The van der Waals surface area contributed by atoms with E-state index in [1.54, 1.807) is 0 Å². The molecule has 0 aromatic heterocycles. The summed E-state index contributed by atoms with van der Waals surface area (Å²) in [6.07, 6.45) is 54.1. The molecule has 19 heteroatoms. The summed E-state index contributed by atoms with van der Waals surface area (Å²) in [4.78, 5) is 72.5. The van der Waals surface area contributed by atoms with Crippen molar-refractivity contribution in [2.24, 2.45) is 0 Å². The summed E-state index contributed by atoms with van der Waals surface area (Å²) in [6, 6.07) is 0. The fourth-order valence-electron chi connectivity index (χ4n) is 10.9. The van der Waals surface area contributed by atoms with Crippen LogP contribution in [-0.2, 0) is 65.4 Å². The Morgan fingerprint density at radius 2 is 0.444 bits per heavy atom. The summed E-state index contributed by atoms with van der Waals surface area (Å²) in [7, 11) is -9.89. The Kier molecular flexibility index (Phi) is 64.3. The molecule has 0 spiro atoms. The topological polar surface area (TPSA) is 237 Å². The molecule has 90 heavy (non-hydrogen) atoms. The van der Waals surface area contributed by atoms with Gasteiger partial charge in [-0.05, 0) is 25.7 Å². The summed E-state index contributed by atoms with van der Waals surface area (Å²) >= 11 is 0. The lowest BCUT2D eigenvalue weighted by Crippen LogP contribution is -2.30. The zero-order valence-corrected chi connectivity index (χ0v) is 59.9. The molecule has 17 nitrogen and oxygen atoms in total. The van der Waals surface area contributed by atoms with Crippen LogP contribution in [-0.4, -0.2) is 96.7 Å². The van der Waals surface area contributed by atoms with Gasteiger partial charge in [0, 0.05) is 25.7 Å². The van der Waals surface area contributed by atoms with Crippen molar-refractivity contribution < 1.29 is 80.2 Å². The summed E-state index contributed by atoms with van der Waals surface area (Å²) in [5, 5.41) is 10.6. The molecule has 0 bridgehead atoms. The molecule has 0 aromatic carbocycles. The quantitative estimate of drug-likeness (QED) is 0.0222. The van der Waals surface area contributed by atoms with Crippen LogP contribution in [0.2, 0.25) is 0 Å². The Morgan fingerprint density at radius 3 is 0.656 bits per heavy atom. The third kappa shape index (κ3) is 64.8. The van der Waals surface area contributed by atoms with Crippen LogP contribution in [0.25, 0.3) is 0 Å². The lowest BCUT2D eigenvalue weighted by Gasteiger charge is -2.21. The van der Waals surface area contributed by atoms with Gasteiger partial charge in [-0.1, -0.05) is 323 Å². The Bertz CT molecular complexity index is 1720. The van der Waals surface area contributed by atoms with Gasteiger partial charge >= 0.3 is 39.5 Å². The minimum Gasteiger partial charge on any atom is -0.462 e. The number of carbonyl (C=O) groups is 4. The lowest BCUT2D eigenvalue weighted by molar-refractivity contribution is -0.161. The van der Waals surface area contributed by atoms with Gasteiger partial charge in [0.15, 0.2) is 12.2 Å². The first-order valence-electron chi connectivity index (χ1n) is 37.3. The predicted octanol–water partition coefficient (Wildman–Crippen LogP) is 20.7. The van der Waals surface area contributed by atoms with Crippen LogP contribution >= 0.6 is 15.6 Å². The Labute approximate surface area is 549 Å². The first kappa shape index (κ1) is 88.1. The van der Waals surface area contributed by atoms with E-state index in [9.17, 15) is 43.2 Å². The van der Waals surface area contributed by atoms with E-state index in [1.807, 2.05) is 0 Å². The monoisotopic (exact) mass is 1320 g/mol. The fourth-order valence-corrected chi connectivity index (χ4v) is 12.4. The number of unbranched alkanes of at least 4 members (excludes halogenated alkanes) is 46. The van der Waals surface area contributed by atoms with Crippen LogP contribution in [0.4, 0.5) is 0 Å². The zero-order valence-electron chi connectivity index (χ0n) is 58.1. The smallest absolute Gasteiger partial charge is 0.462 e. The highest BCUT2D eigenvalue weighted by molar-refractivity contribution is 7.47. The molecule has 2 unspecified atom stereocenters. The largest absolute Gasteiger partial charge is 0.472 e. The van der Waals surface area contributed by atoms with E-state index in [1.165, 1.54) is 205 Å². The van der Waals surface area contributed by atoms with Crippen LogP contribution in [0.3, 0.4) is 0 Å². The molecular weight excluding hydrogens is 1190 g/mol. The van der Waals surface area contributed by atoms with Gasteiger partial charge in [-0.3, -0.25) is 37.3 Å². The van der Waals surface area contributed by atoms with Crippen LogP contribution in [0.5, 0.6) is 0 Å². The van der Waals surface area contributed by atoms with E-state index >= 15 is 0 Å². The van der Waals surface area contributed by atoms with Crippen LogP contribution < -0.4 is 0 Å². The maximum Gasteiger partial charge on any atom is 0.472 e. The highest BCUT2D eigenvalue weighted by Crippen LogP contribution is 2.45. The van der Waals surface area contributed by atoms with Crippen molar-refractivity contribution in [2.75, 3.05) is 39.6 Å². The Morgan fingerprint density at radius 1 is 0.267 bits per heavy atom. The predicted molar refractivity (Wildman–Crippen MR) is 363 cm³/mol. The molecule has 0 saturated heterocycles. The minimum absolute atomic E-state index is 0.106. The van der Waals surface area contributed by atoms with Gasteiger partial charge in [0.25, 0.3) is 0 Å². The highest BCUT2D eigenvalue weighted by Gasteiger charge is 2.30. The number of carbonyl (C=O) groups excluding carboxylic acids is 4. The molecule has 0 amide bonds. The van der Waals surface area contributed by atoms with Crippen molar-refractivity contribution in [1.82, 2.24) is 0 Å². The number of hydrogen-bond acceptors (Lipinski definition) is 15. The molecule has 0 saturated carbocycles. The molecule has 3 N–H and O–H groups in total. The van der Waals surface area contributed by atoms with E-state index in [2.05, 4.69) is 27.7 Å². The van der Waals surface area contributed by atoms with Gasteiger partial charge in [0.05, 0.1) is 26.4 Å². The number of rotatable bonds is 72. The molecule has 0 aliphatic rings. The molecule has 0 rings (SSSR count). The van der Waals surface area contributed by atoms with Crippen LogP contribution in [0.15, 0.2) is 0 Å². The maximum absolute atomic E-state index is 13.0. The van der Waals surface area contributed by atoms with Crippen molar-refractivity contribution in [2.45, 2.75) is 393 Å².